The summed E-state index contributed by atoms with van der Waals surface area (Å²) in [6, 6.07) is 12.8. The maximum atomic E-state index is 12.8. The van der Waals surface area contributed by atoms with Crippen LogP contribution in [-0.4, -0.2) is 52.5 Å². The van der Waals surface area contributed by atoms with E-state index in [9.17, 15) is 13.2 Å². The first-order chi connectivity index (χ1) is 14.9. The van der Waals surface area contributed by atoms with Gasteiger partial charge in [0, 0.05) is 18.7 Å². The number of nitrogens with one attached hydrogen (secondary N) is 2. The van der Waals surface area contributed by atoms with Crippen LogP contribution in [0.15, 0.2) is 53.4 Å². The molecule has 1 fully saturated rings. The van der Waals surface area contributed by atoms with Gasteiger partial charge in [-0.2, -0.15) is 0 Å². The molecule has 0 spiro atoms. The summed E-state index contributed by atoms with van der Waals surface area (Å²) in [5.41, 5.74) is 0.654. The minimum Gasteiger partial charge on any atom is -0.495 e. The van der Waals surface area contributed by atoms with Crippen molar-refractivity contribution in [2.45, 2.75) is 31.1 Å². The van der Waals surface area contributed by atoms with E-state index < -0.39 is 10.0 Å². The van der Waals surface area contributed by atoms with Crippen LogP contribution >= 0.6 is 0 Å². The molecule has 2 aromatic carbocycles. The number of ether oxygens (including phenoxy) is 1. The van der Waals surface area contributed by atoms with Gasteiger partial charge >= 0.3 is 0 Å². The number of carbonyl (C=O) groups excluding carboxylic acids is 1. The maximum Gasteiger partial charge on any atom is 0.262 e. The minimum absolute atomic E-state index is 0.0216. The summed E-state index contributed by atoms with van der Waals surface area (Å²) in [6.45, 7) is 6.03. The lowest BCUT2D eigenvalue weighted by atomic mass is 10.0. The number of rotatable bonds is 9. The number of benzene rings is 2. The molecule has 8 heteroatoms. The van der Waals surface area contributed by atoms with E-state index in [2.05, 4.69) is 21.9 Å². The fourth-order valence-corrected chi connectivity index (χ4v) is 4.95. The van der Waals surface area contributed by atoms with Crippen LogP contribution in [0, 0.1) is 5.92 Å². The van der Waals surface area contributed by atoms with Gasteiger partial charge in [0.25, 0.3) is 15.9 Å². The Labute approximate surface area is 184 Å². The molecule has 0 saturated carbocycles. The molecule has 168 valence electrons. The number of anilines is 1. The predicted octanol–water partition coefficient (Wildman–Crippen LogP) is 3.35. The number of nitrogens with zero attached hydrogens (tertiary/aromatic N) is 1. The Hall–Kier alpha value is -2.58. The lowest BCUT2D eigenvalue weighted by Crippen LogP contribution is -2.36. The lowest BCUT2D eigenvalue weighted by Gasteiger charge is -2.30. The Kier molecular flexibility index (Phi) is 7.92. The molecule has 7 nitrogen and oxygen atoms in total. The van der Waals surface area contributed by atoms with Gasteiger partial charge in [0.15, 0.2) is 0 Å². The molecule has 1 saturated heterocycles. The number of methoxy groups -OCH3 is 1. The Morgan fingerprint density at radius 2 is 2.00 bits per heavy atom. The number of para-hydroxylation sites is 2. The summed E-state index contributed by atoms with van der Waals surface area (Å²) >= 11 is 0. The highest BCUT2D eigenvalue weighted by Crippen LogP contribution is 2.26. The monoisotopic (exact) mass is 445 g/mol. The van der Waals surface area contributed by atoms with Crippen molar-refractivity contribution in [3.8, 4) is 5.75 Å². The van der Waals surface area contributed by atoms with Crippen molar-refractivity contribution < 1.29 is 17.9 Å². The molecule has 2 aromatic rings. The topological polar surface area (TPSA) is 87.7 Å². The minimum atomic E-state index is -3.86. The third kappa shape index (κ3) is 6.45. The SMILES string of the molecule is COc1ccccc1NS(=O)(=O)c1cccc(C(=O)NCCCN2CCCC(C)C2)c1. The van der Waals surface area contributed by atoms with E-state index in [0.717, 1.165) is 32.0 Å². The zero-order valence-electron chi connectivity index (χ0n) is 18.1. The van der Waals surface area contributed by atoms with E-state index in [1.54, 1.807) is 36.4 Å². The first kappa shape index (κ1) is 23.1. The summed E-state index contributed by atoms with van der Waals surface area (Å²) in [5, 5.41) is 2.90. The van der Waals surface area contributed by atoms with Gasteiger partial charge in [-0.1, -0.05) is 25.1 Å². The summed E-state index contributed by atoms with van der Waals surface area (Å²) < 4.78 is 33.3. The van der Waals surface area contributed by atoms with Gasteiger partial charge in [-0.15, -0.1) is 0 Å². The average molecular weight is 446 g/mol. The van der Waals surface area contributed by atoms with Crippen molar-refractivity contribution >= 4 is 21.6 Å². The first-order valence-corrected chi connectivity index (χ1v) is 12.1. The molecule has 1 heterocycles. The molecule has 1 aliphatic rings. The lowest BCUT2D eigenvalue weighted by molar-refractivity contribution is 0.0950. The van der Waals surface area contributed by atoms with E-state index in [1.165, 1.54) is 32.1 Å². The number of piperidine rings is 1. The predicted molar refractivity (Wildman–Crippen MR) is 122 cm³/mol. The molecule has 1 atom stereocenters. The number of amides is 1. The highest BCUT2D eigenvalue weighted by atomic mass is 32.2. The Balaban J connectivity index is 1.58. The number of sulfonamides is 1. The van der Waals surface area contributed by atoms with Crippen LogP contribution < -0.4 is 14.8 Å². The van der Waals surface area contributed by atoms with Gasteiger partial charge in [0.05, 0.1) is 17.7 Å². The first-order valence-electron chi connectivity index (χ1n) is 10.7. The third-order valence-electron chi connectivity index (χ3n) is 5.44. The molecule has 0 radical (unpaired) electrons. The van der Waals surface area contributed by atoms with Crippen LogP contribution in [0.1, 0.15) is 36.5 Å². The van der Waals surface area contributed by atoms with Crippen molar-refractivity contribution in [1.29, 1.82) is 0 Å². The molecule has 1 amide bonds. The molecule has 2 N–H and O–H groups in total. The normalized spacial score (nSPS) is 17.2. The maximum absolute atomic E-state index is 12.8. The number of hydrogen-bond donors (Lipinski definition) is 2. The molecular formula is C23H31N3O4S. The second-order valence-corrected chi connectivity index (χ2v) is 9.67. The van der Waals surface area contributed by atoms with Gasteiger partial charge in [0.2, 0.25) is 0 Å². The van der Waals surface area contributed by atoms with E-state index in [4.69, 9.17) is 4.74 Å². The van der Waals surface area contributed by atoms with Crippen molar-refractivity contribution in [1.82, 2.24) is 10.2 Å². The fraction of sp³-hybridized carbons (Fsp3) is 0.435. The smallest absolute Gasteiger partial charge is 0.262 e. The standard InChI is InChI=1S/C23H31N3O4S/c1-18-8-6-14-26(17-18)15-7-13-24-23(27)19-9-5-10-20(16-19)31(28,29)25-21-11-3-4-12-22(21)30-2/h3-5,9-12,16,18,25H,6-8,13-15,17H2,1-2H3,(H,24,27). The van der Waals surface area contributed by atoms with Gasteiger partial charge < -0.3 is 15.0 Å². The highest BCUT2D eigenvalue weighted by molar-refractivity contribution is 7.92. The molecular weight excluding hydrogens is 414 g/mol. The summed E-state index contributed by atoms with van der Waals surface area (Å²) in [6.07, 6.45) is 3.39. The Bertz CT molecular complexity index is 994. The summed E-state index contributed by atoms with van der Waals surface area (Å²) in [7, 11) is -2.39. The van der Waals surface area contributed by atoms with Crippen LogP contribution in [-0.2, 0) is 10.0 Å². The van der Waals surface area contributed by atoms with Crippen molar-refractivity contribution in [2.75, 3.05) is 38.0 Å². The van der Waals surface area contributed by atoms with Crippen LogP contribution in [0.5, 0.6) is 5.75 Å². The quantitative estimate of drug-likeness (QED) is 0.578. The van der Waals surface area contributed by atoms with Crippen molar-refractivity contribution in [3.63, 3.8) is 0 Å². The molecule has 1 unspecified atom stereocenters. The van der Waals surface area contributed by atoms with Crippen molar-refractivity contribution in [2.24, 2.45) is 5.92 Å². The van der Waals surface area contributed by atoms with Crippen LogP contribution in [0.3, 0.4) is 0 Å². The molecule has 0 bridgehead atoms. The van der Waals surface area contributed by atoms with Crippen LogP contribution in [0.4, 0.5) is 5.69 Å². The molecule has 3 rings (SSSR count). The average Bonchev–Trinajstić information content (AvgIpc) is 2.77. The van der Waals surface area contributed by atoms with Crippen LogP contribution in [0.2, 0.25) is 0 Å². The number of likely N-dealkylation sites (tertiary alicyclic amines) is 1. The zero-order valence-corrected chi connectivity index (χ0v) is 19.0. The highest BCUT2D eigenvalue weighted by Gasteiger charge is 2.19. The van der Waals surface area contributed by atoms with E-state index >= 15 is 0 Å². The molecule has 1 aliphatic heterocycles. The summed E-state index contributed by atoms with van der Waals surface area (Å²) in [4.78, 5) is 15.0. The van der Waals surface area contributed by atoms with Crippen LogP contribution in [0.25, 0.3) is 0 Å². The van der Waals surface area contributed by atoms with Gasteiger partial charge in [-0.3, -0.25) is 9.52 Å². The van der Waals surface area contributed by atoms with Gasteiger partial charge in [-0.05, 0) is 68.6 Å². The molecule has 31 heavy (non-hydrogen) atoms. The number of carbonyl (C=O) groups is 1. The van der Waals surface area contributed by atoms with E-state index in [1.807, 2.05) is 0 Å². The largest absolute Gasteiger partial charge is 0.495 e. The van der Waals surface area contributed by atoms with Gasteiger partial charge in [-0.25, -0.2) is 8.42 Å². The van der Waals surface area contributed by atoms with Crippen molar-refractivity contribution in [3.05, 3.63) is 54.1 Å². The number of hydrogen-bond acceptors (Lipinski definition) is 5. The van der Waals surface area contributed by atoms with E-state index in [-0.39, 0.29) is 10.8 Å². The zero-order chi connectivity index (χ0) is 22.3. The Morgan fingerprint density at radius 3 is 2.77 bits per heavy atom. The second-order valence-electron chi connectivity index (χ2n) is 7.99. The second kappa shape index (κ2) is 10.6. The molecule has 0 aliphatic carbocycles. The molecule has 0 aromatic heterocycles. The summed E-state index contributed by atoms with van der Waals surface area (Å²) in [5.74, 6) is 0.877. The van der Waals surface area contributed by atoms with Gasteiger partial charge in [0.1, 0.15) is 5.75 Å². The van der Waals surface area contributed by atoms with E-state index in [0.29, 0.717) is 23.5 Å². The third-order valence-corrected chi connectivity index (χ3v) is 6.80. The fourth-order valence-electron chi connectivity index (χ4n) is 3.83. The Morgan fingerprint density at radius 1 is 1.19 bits per heavy atom.